The number of aliphatic carboxylic acids is 1. The standard InChI is InChI=1S/C24H36N6O7.C19H30N4O6.C10H23N.C5H8N2O2.C4H5NO5S.Na/c1-24(29-30-24)10-9-21(32)26-11-13-35-15-16-36-14-12-27-22(33)19(7-8-20(25)31)28-23(34)37-17-18-5-3-2-4-6-18;20-8-10-27-12-13-28-11-9-22-18(25)16(6-7-17(21)24)23-19(26)29-14-15-4-2-1-3-5-15;1-6-11(7-9(2)3)8-10(4)5;1-5(6-7-5)3-2-4(8)9;6-3-1-2(4(7)5-3)11(8,9)10;/h2-6,19H,7-17H2,1H3,(H2,25,31)(H,26,32)(H,27,33)(H,28,34);1-5,16H,6-14,20H2,(H2,21,24)(H,22,25)(H,23,26);9-10H,6-8H2,1-5H3;2-3H2,1H3,(H,8,9);2H,1H2,(H,5,6,7)(H,8,9,10);/q;;;;;+1/p-1. The summed E-state index contributed by atoms with van der Waals surface area (Å²) < 4.78 is 62.2. The number of primary amides is 2. The Balaban J connectivity index is 0.00000134. The number of imide groups is 1. The molecular formula is C62H101N14NaO20S. The maximum absolute atomic E-state index is 12.5. The first-order valence-corrected chi connectivity index (χ1v) is 33.3. The number of alkyl carbamates (subject to hydrolysis) is 2. The molecule has 5 rings (SSSR count). The van der Waals surface area contributed by atoms with Crippen LogP contribution in [0.15, 0.2) is 81.1 Å². The molecule has 3 aliphatic rings. The number of carbonyl (C=O) groups is 10. The van der Waals surface area contributed by atoms with Gasteiger partial charge in [-0.25, -0.2) is 18.0 Å². The molecule has 3 unspecified atom stereocenters. The molecule has 546 valence electrons. The third kappa shape index (κ3) is 49.3. The monoisotopic (exact) mass is 1420 g/mol. The number of hydrogen-bond donors (Lipinski definition) is 10. The SMILES string of the molecule is CC1(CCC(=O)NCCOCCOCCNC(=O)C(CCC(N)=O)NC(=O)OCc2ccccc2)N=N1.CC1(CCC(=O)O)N=N1.CCN(CC(C)C)CC(C)C.NCCOCCOCCNC(=O)C(CCC(N)=O)NC(=O)OCc1ccccc1.O=C1CC(S(=O)(=O)[O-])C(=O)N1.[Na+]. The molecule has 0 saturated carbocycles. The van der Waals surface area contributed by atoms with Crippen LogP contribution >= 0.6 is 0 Å². The van der Waals surface area contributed by atoms with Gasteiger partial charge in [0.15, 0.2) is 11.3 Å². The summed E-state index contributed by atoms with van der Waals surface area (Å²) in [5.41, 5.74) is 16.5. The topological polar surface area (TPSA) is 506 Å². The summed E-state index contributed by atoms with van der Waals surface area (Å²) in [4.78, 5) is 116. The summed E-state index contributed by atoms with van der Waals surface area (Å²) in [7, 11) is -4.67. The van der Waals surface area contributed by atoms with E-state index in [1.807, 2.05) is 62.4 Å². The number of amides is 9. The van der Waals surface area contributed by atoms with E-state index in [1.54, 1.807) is 17.4 Å². The Morgan fingerprint density at radius 3 is 1.34 bits per heavy atom. The number of carboxylic acids is 1. The second-order valence-electron chi connectivity index (χ2n) is 23.2. The van der Waals surface area contributed by atoms with Crippen molar-refractivity contribution >= 4 is 69.6 Å². The normalized spacial score (nSPS) is 14.6. The molecule has 2 aromatic carbocycles. The Bertz CT molecular complexity index is 2860. The molecule has 3 aliphatic heterocycles. The van der Waals surface area contributed by atoms with Crippen LogP contribution in [-0.4, -0.2) is 210 Å². The van der Waals surface area contributed by atoms with E-state index in [0.717, 1.165) is 23.0 Å². The molecule has 9 amide bonds. The van der Waals surface area contributed by atoms with Gasteiger partial charge < -0.3 is 86.8 Å². The minimum atomic E-state index is -4.67. The molecule has 0 aliphatic carbocycles. The fourth-order valence-corrected chi connectivity index (χ4v) is 8.61. The number of carboxylic acid groups (broad SMARTS) is 1. The van der Waals surface area contributed by atoms with Gasteiger partial charge >= 0.3 is 47.7 Å². The molecule has 36 heteroatoms. The first-order chi connectivity index (χ1) is 45.9. The van der Waals surface area contributed by atoms with E-state index in [9.17, 15) is 60.9 Å². The van der Waals surface area contributed by atoms with Crippen molar-refractivity contribution in [3.8, 4) is 0 Å². The van der Waals surface area contributed by atoms with Gasteiger partial charge in [0.2, 0.25) is 41.4 Å². The van der Waals surface area contributed by atoms with Gasteiger partial charge in [-0.2, -0.15) is 20.5 Å². The van der Waals surface area contributed by atoms with Gasteiger partial charge in [0.1, 0.15) is 40.7 Å². The number of rotatable bonds is 43. The maximum Gasteiger partial charge on any atom is 1.00 e. The number of nitrogens with zero attached hydrogens (tertiary/aromatic N) is 5. The maximum atomic E-state index is 12.5. The summed E-state index contributed by atoms with van der Waals surface area (Å²) in [6.07, 6.45) is -0.449. The second kappa shape index (κ2) is 51.9. The number of benzene rings is 2. The number of carbonyl (C=O) groups excluding carboxylic acids is 9. The molecule has 0 aromatic heterocycles. The first kappa shape index (κ1) is 90.8. The van der Waals surface area contributed by atoms with Crippen molar-refractivity contribution in [3.63, 3.8) is 0 Å². The van der Waals surface area contributed by atoms with Gasteiger partial charge in [-0.05, 0) is 56.2 Å². The van der Waals surface area contributed by atoms with Gasteiger partial charge in [0.05, 0.1) is 59.3 Å². The summed E-state index contributed by atoms with van der Waals surface area (Å²) in [5, 5.41) is 36.3. The second-order valence-corrected chi connectivity index (χ2v) is 24.7. The van der Waals surface area contributed by atoms with Gasteiger partial charge in [0, 0.05) is 77.8 Å². The molecule has 2 aromatic rings. The average molecular weight is 1420 g/mol. The van der Waals surface area contributed by atoms with Crippen LogP contribution in [0.3, 0.4) is 0 Å². The summed E-state index contributed by atoms with van der Waals surface area (Å²) >= 11 is 0. The zero-order chi connectivity index (χ0) is 72.7. The van der Waals surface area contributed by atoms with Crippen LogP contribution in [0.1, 0.15) is 117 Å². The third-order valence-corrected chi connectivity index (χ3v) is 14.2. The van der Waals surface area contributed by atoms with E-state index in [1.165, 1.54) is 19.6 Å². The van der Waals surface area contributed by atoms with Crippen LogP contribution in [0.2, 0.25) is 0 Å². The zero-order valence-electron chi connectivity index (χ0n) is 57.6. The quantitative estimate of drug-likeness (QED) is 0.0165. The zero-order valence-corrected chi connectivity index (χ0v) is 60.4. The molecule has 0 spiro atoms. The van der Waals surface area contributed by atoms with Crippen LogP contribution in [0.5, 0.6) is 0 Å². The molecule has 1 saturated heterocycles. The molecular weight excluding hydrogens is 1320 g/mol. The Kier molecular flexibility index (Phi) is 48.1. The van der Waals surface area contributed by atoms with Crippen molar-refractivity contribution < 1.29 is 124 Å². The van der Waals surface area contributed by atoms with Crippen molar-refractivity contribution in [2.24, 2.45) is 49.5 Å². The van der Waals surface area contributed by atoms with Gasteiger partial charge in [-0.3, -0.25) is 43.7 Å². The molecule has 0 bridgehead atoms. The summed E-state index contributed by atoms with van der Waals surface area (Å²) in [5.74, 6) is -3.08. The summed E-state index contributed by atoms with van der Waals surface area (Å²) in [6.45, 7) is 22.9. The first-order valence-electron chi connectivity index (χ1n) is 31.8. The van der Waals surface area contributed by atoms with Crippen LogP contribution in [0.4, 0.5) is 9.59 Å². The molecule has 3 atom stereocenters. The summed E-state index contributed by atoms with van der Waals surface area (Å²) in [6, 6.07) is 16.3. The van der Waals surface area contributed by atoms with Crippen LogP contribution < -0.4 is 78.7 Å². The Morgan fingerprint density at radius 1 is 0.633 bits per heavy atom. The van der Waals surface area contributed by atoms with Crippen molar-refractivity contribution in [1.29, 1.82) is 0 Å². The van der Waals surface area contributed by atoms with Crippen molar-refractivity contribution in [2.45, 2.75) is 148 Å². The minimum Gasteiger partial charge on any atom is -0.747 e. The fraction of sp³-hybridized carbons (Fsp3) is 0.645. The fourth-order valence-electron chi connectivity index (χ4n) is 7.94. The number of hydrogen-bond acceptors (Lipinski definition) is 25. The molecule has 3 heterocycles. The van der Waals surface area contributed by atoms with Gasteiger partial charge in [-0.15, -0.1) is 0 Å². The molecule has 0 radical (unpaired) electrons. The Morgan fingerprint density at radius 2 is 1.02 bits per heavy atom. The Hall–Kier alpha value is -7.19. The van der Waals surface area contributed by atoms with Crippen LogP contribution in [0, 0.1) is 11.8 Å². The van der Waals surface area contributed by atoms with E-state index in [4.69, 9.17) is 50.7 Å². The largest absolute Gasteiger partial charge is 1.00 e. The minimum absolute atomic E-state index is 0. The Labute approximate surface area is 595 Å². The van der Waals surface area contributed by atoms with E-state index < -0.39 is 87.5 Å². The molecule has 13 N–H and O–H groups in total. The third-order valence-electron chi connectivity index (χ3n) is 13.2. The molecule has 98 heavy (non-hydrogen) atoms. The van der Waals surface area contributed by atoms with Crippen molar-refractivity contribution in [1.82, 2.24) is 36.8 Å². The van der Waals surface area contributed by atoms with E-state index in [0.29, 0.717) is 72.0 Å². The van der Waals surface area contributed by atoms with Gasteiger partial charge in [-0.1, -0.05) is 95.3 Å². The van der Waals surface area contributed by atoms with Gasteiger partial charge in [0.25, 0.3) is 0 Å². The number of ether oxygens (including phenoxy) is 6. The van der Waals surface area contributed by atoms with Crippen LogP contribution in [-0.2, 0) is 90.1 Å². The van der Waals surface area contributed by atoms with E-state index in [-0.39, 0.29) is 118 Å². The van der Waals surface area contributed by atoms with Crippen molar-refractivity contribution in [3.05, 3.63) is 71.8 Å². The van der Waals surface area contributed by atoms with E-state index in [2.05, 4.69) is 86.6 Å². The average Bonchev–Trinajstić information content (AvgIpc) is 1.71. The predicted molar refractivity (Wildman–Crippen MR) is 351 cm³/mol. The smallest absolute Gasteiger partial charge is 0.747 e. The predicted octanol–water partition coefficient (Wildman–Crippen LogP) is -0.966. The number of nitrogens with two attached hydrogens (primary N) is 3. The molecule has 1 fully saturated rings. The van der Waals surface area contributed by atoms with E-state index >= 15 is 0 Å². The molecule has 34 nitrogen and oxygen atoms in total. The van der Waals surface area contributed by atoms with Crippen LogP contribution in [0.25, 0.3) is 0 Å². The number of nitrogens with one attached hydrogen (secondary N) is 6. The van der Waals surface area contributed by atoms with Crippen molar-refractivity contribution in [2.75, 3.05) is 98.7 Å².